The van der Waals surface area contributed by atoms with E-state index in [0.29, 0.717) is 29.0 Å². The van der Waals surface area contributed by atoms with Gasteiger partial charge in [0.1, 0.15) is 0 Å². The molecule has 2 amide bonds. The molecule has 10 heteroatoms. The number of aromatic carboxylic acids is 1. The number of amides is 2. The number of nitrogens with one attached hydrogen (secondary N) is 2. The smallest absolute Gasteiger partial charge is 0.335 e. The molecule has 0 heterocycles. The Hall–Kier alpha value is -4.02. The van der Waals surface area contributed by atoms with Gasteiger partial charge in [0.15, 0.2) is 0 Å². The first-order chi connectivity index (χ1) is 17.7. The quantitative estimate of drug-likeness (QED) is 0.373. The van der Waals surface area contributed by atoms with Gasteiger partial charge in [0, 0.05) is 29.5 Å². The van der Waals surface area contributed by atoms with Crippen LogP contribution in [0.15, 0.2) is 77.7 Å². The Morgan fingerprint density at radius 3 is 2.22 bits per heavy atom. The van der Waals surface area contributed by atoms with Crippen LogP contribution in [0.1, 0.15) is 46.0 Å². The molecule has 1 fully saturated rings. The van der Waals surface area contributed by atoms with Crippen molar-refractivity contribution in [2.45, 2.75) is 37.1 Å². The van der Waals surface area contributed by atoms with Gasteiger partial charge in [-0.25, -0.2) is 17.9 Å². The summed E-state index contributed by atoms with van der Waals surface area (Å²) in [5.41, 5.74) is 2.12. The SMILES string of the molecule is CCN(C(=O)c1ccc(NC(=O)Cc2ccc(S(=O)(=O)NC3CC3)cc2)cc1)c1cccc(C(=O)O)c1. The molecule has 0 radical (unpaired) electrons. The third-order valence-electron chi connectivity index (χ3n) is 5.88. The number of carboxylic acids is 1. The molecule has 0 bridgehead atoms. The molecule has 0 unspecified atom stereocenters. The summed E-state index contributed by atoms with van der Waals surface area (Å²) in [5.74, 6) is -1.66. The molecule has 1 aliphatic carbocycles. The van der Waals surface area contributed by atoms with Crippen LogP contribution in [0.4, 0.5) is 11.4 Å². The number of nitrogens with zero attached hydrogens (tertiary/aromatic N) is 1. The molecular weight excluding hydrogens is 494 g/mol. The number of carboxylic acid groups (broad SMARTS) is 1. The van der Waals surface area contributed by atoms with Gasteiger partial charge in [-0.1, -0.05) is 18.2 Å². The third kappa shape index (κ3) is 6.60. The minimum absolute atomic E-state index is 0.0188. The maximum Gasteiger partial charge on any atom is 0.335 e. The van der Waals surface area contributed by atoms with Crippen LogP contribution >= 0.6 is 0 Å². The lowest BCUT2D eigenvalue weighted by molar-refractivity contribution is -0.115. The molecule has 0 saturated heterocycles. The van der Waals surface area contributed by atoms with E-state index < -0.39 is 16.0 Å². The number of rotatable bonds is 10. The molecular formula is C27H27N3O6S. The highest BCUT2D eigenvalue weighted by Gasteiger charge is 2.27. The van der Waals surface area contributed by atoms with Crippen LogP contribution in [0, 0.1) is 0 Å². The first-order valence-corrected chi connectivity index (χ1v) is 13.3. The van der Waals surface area contributed by atoms with E-state index in [1.54, 1.807) is 55.5 Å². The highest BCUT2D eigenvalue weighted by Crippen LogP contribution is 2.23. The summed E-state index contributed by atoms with van der Waals surface area (Å²) < 4.78 is 27.2. The molecule has 3 aromatic rings. The Morgan fingerprint density at radius 2 is 1.62 bits per heavy atom. The largest absolute Gasteiger partial charge is 0.478 e. The Balaban J connectivity index is 1.37. The molecule has 192 valence electrons. The number of hydrogen-bond acceptors (Lipinski definition) is 5. The van der Waals surface area contributed by atoms with E-state index in [0.717, 1.165) is 12.8 Å². The van der Waals surface area contributed by atoms with Gasteiger partial charge in [0.25, 0.3) is 5.91 Å². The summed E-state index contributed by atoms with van der Waals surface area (Å²) in [6.45, 7) is 2.14. The first-order valence-electron chi connectivity index (χ1n) is 11.8. The highest BCUT2D eigenvalue weighted by molar-refractivity contribution is 7.89. The van der Waals surface area contributed by atoms with Crippen molar-refractivity contribution in [3.63, 3.8) is 0 Å². The van der Waals surface area contributed by atoms with Crippen molar-refractivity contribution >= 4 is 39.2 Å². The number of carbonyl (C=O) groups excluding carboxylic acids is 2. The van der Waals surface area contributed by atoms with Gasteiger partial charge < -0.3 is 15.3 Å². The lowest BCUT2D eigenvalue weighted by atomic mass is 10.1. The van der Waals surface area contributed by atoms with Crippen LogP contribution < -0.4 is 14.9 Å². The Bertz CT molecular complexity index is 1420. The molecule has 37 heavy (non-hydrogen) atoms. The Labute approximate surface area is 215 Å². The summed E-state index contributed by atoms with van der Waals surface area (Å²) in [4.78, 5) is 38.4. The van der Waals surface area contributed by atoms with Gasteiger partial charge in [0.05, 0.1) is 16.9 Å². The van der Waals surface area contributed by atoms with Crippen molar-refractivity contribution in [3.05, 3.63) is 89.5 Å². The van der Waals surface area contributed by atoms with Crippen molar-refractivity contribution in [3.8, 4) is 0 Å². The zero-order valence-electron chi connectivity index (χ0n) is 20.2. The average Bonchev–Trinajstić information content (AvgIpc) is 3.68. The van der Waals surface area contributed by atoms with Gasteiger partial charge in [-0.05, 0) is 79.9 Å². The minimum atomic E-state index is -3.54. The molecule has 0 spiro atoms. The predicted molar refractivity (Wildman–Crippen MR) is 139 cm³/mol. The van der Waals surface area contributed by atoms with E-state index in [4.69, 9.17) is 0 Å². The summed E-state index contributed by atoms with van der Waals surface area (Å²) in [5, 5.41) is 12.0. The molecule has 0 aromatic heterocycles. The summed E-state index contributed by atoms with van der Waals surface area (Å²) in [6, 6.07) is 18.8. The van der Waals surface area contributed by atoms with Crippen molar-refractivity contribution in [1.82, 2.24) is 4.72 Å². The van der Waals surface area contributed by atoms with Crippen molar-refractivity contribution in [1.29, 1.82) is 0 Å². The molecule has 3 aromatic carbocycles. The average molecular weight is 522 g/mol. The molecule has 3 N–H and O–H groups in total. The van der Waals surface area contributed by atoms with Crippen molar-refractivity contribution in [2.24, 2.45) is 0 Å². The van der Waals surface area contributed by atoms with E-state index in [1.807, 2.05) is 0 Å². The minimum Gasteiger partial charge on any atom is -0.478 e. The van der Waals surface area contributed by atoms with Gasteiger partial charge in [-0.2, -0.15) is 0 Å². The fourth-order valence-corrected chi connectivity index (χ4v) is 5.07. The van der Waals surface area contributed by atoms with E-state index >= 15 is 0 Å². The van der Waals surface area contributed by atoms with Crippen molar-refractivity contribution < 1.29 is 27.9 Å². The Morgan fingerprint density at radius 1 is 0.946 bits per heavy atom. The molecule has 1 saturated carbocycles. The van der Waals surface area contributed by atoms with Gasteiger partial charge >= 0.3 is 5.97 Å². The second-order valence-corrected chi connectivity index (χ2v) is 10.5. The van der Waals surface area contributed by atoms with Crippen LogP contribution in [0.2, 0.25) is 0 Å². The summed E-state index contributed by atoms with van der Waals surface area (Å²) in [7, 11) is -3.54. The van der Waals surface area contributed by atoms with Gasteiger partial charge in [-0.3, -0.25) is 9.59 Å². The lowest BCUT2D eigenvalue weighted by Crippen LogP contribution is -2.30. The van der Waals surface area contributed by atoms with Gasteiger partial charge in [-0.15, -0.1) is 0 Å². The summed E-state index contributed by atoms with van der Waals surface area (Å²) >= 11 is 0. The number of sulfonamides is 1. The van der Waals surface area contributed by atoms with E-state index in [9.17, 15) is 27.9 Å². The fourth-order valence-electron chi connectivity index (χ4n) is 3.77. The third-order valence-corrected chi connectivity index (χ3v) is 7.42. The Kier molecular flexibility index (Phi) is 7.70. The van der Waals surface area contributed by atoms with E-state index in [-0.39, 0.29) is 34.7 Å². The van der Waals surface area contributed by atoms with E-state index in [1.165, 1.54) is 29.2 Å². The topological polar surface area (TPSA) is 133 Å². The maximum atomic E-state index is 13.0. The van der Waals surface area contributed by atoms with Gasteiger partial charge in [0.2, 0.25) is 15.9 Å². The molecule has 0 aliphatic heterocycles. The predicted octanol–water partition coefficient (Wildman–Crippen LogP) is 3.67. The molecule has 0 atom stereocenters. The normalized spacial score (nSPS) is 13.1. The van der Waals surface area contributed by atoms with E-state index in [2.05, 4.69) is 10.0 Å². The molecule has 1 aliphatic rings. The van der Waals surface area contributed by atoms with Crippen LogP contribution in [-0.2, 0) is 21.2 Å². The number of benzene rings is 3. The number of anilines is 2. The fraction of sp³-hybridized carbons (Fsp3) is 0.222. The summed E-state index contributed by atoms with van der Waals surface area (Å²) in [6.07, 6.45) is 1.76. The van der Waals surface area contributed by atoms with Crippen LogP contribution in [-0.4, -0.2) is 43.9 Å². The zero-order valence-corrected chi connectivity index (χ0v) is 21.0. The van der Waals surface area contributed by atoms with Crippen LogP contribution in [0.25, 0.3) is 0 Å². The zero-order chi connectivity index (χ0) is 26.6. The van der Waals surface area contributed by atoms with Crippen molar-refractivity contribution in [2.75, 3.05) is 16.8 Å². The number of hydrogen-bond donors (Lipinski definition) is 3. The first kappa shape index (κ1) is 26.1. The second kappa shape index (κ2) is 10.9. The molecule has 4 rings (SSSR count). The lowest BCUT2D eigenvalue weighted by Gasteiger charge is -2.21. The monoisotopic (exact) mass is 521 g/mol. The standard InChI is InChI=1S/C27H27N3O6S/c1-2-30(23-5-3-4-20(17-23)27(33)34)26(32)19-8-10-21(11-9-19)28-25(31)16-18-6-14-24(15-7-18)37(35,36)29-22-12-13-22/h3-11,14-15,17,22,29H,2,12-13,16H2,1H3,(H,28,31)(H,33,34). The number of carbonyl (C=O) groups is 3. The maximum absolute atomic E-state index is 13.0. The van der Waals surface area contributed by atoms with Crippen LogP contribution in [0.3, 0.4) is 0 Å². The molecule has 9 nitrogen and oxygen atoms in total. The highest BCUT2D eigenvalue weighted by atomic mass is 32.2. The van der Waals surface area contributed by atoms with Crippen LogP contribution in [0.5, 0.6) is 0 Å². The second-order valence-electron chi connectivity index (χ2n) is 8.75.